The van der Waals surface area contributed by atoms with Crippen LogP contribution in [0.15, 0.2) is 24.5 Å². The number of nitrogens with zero attached hydrogens (tertiary/aromatic N) is 2. The Morgan fingerprint density at radius 3 is 3.00 bits per heavy atom. The zero-order valence-corrected chi connectivity index (χ0v) is 8.49. The maximum atomic E-state index is 8.90. The highest BCUT2D eigenvalue weighted by Crippen LogP contribution is 2.19. The van der Waals surface area contributed by atoms with Gasteiger partial charge in [-0.1, -0.05) is 6.92 Å². The fraction of sp³-hybridized carbons (Fsp3) is 0.273. The van der Waals surface area contributed by atoms with Crippen LogP contribution in [0.25, 0.3) is 11.4 Å². The summed E-state index contributed by atoms with van der Waals surface area (Å²) in [5.74, 6) is 0.596. The number of aromatic nitrogens is 3. The molecular weight excluding hydrogens is 188 g/mol. The molecule has 0 aliphatic heterocycles. The van der Waals surface area contributed by atoms with Gasteiger partial charge >= 0.3 is 0 Å². The molecule has 0 spiro atoms. The summed E-state index contributed by atoms with van der Waals surface area (Å²) in [6.45, 7) is 1.98. The van der Waals surface area contributed by atoms with Crippen LogP contribution in [0.5, 0.6) is 0 Å². The number of H-pyrrole nitrogens is 2. The van der Waals surface area contributed by atoms with Gasteiger partial charge in [0.05, 0.1) is 23.7 Å². The number of nitriles is 1. The highest BCUT2D eigenvalue weighted by Gasteiger charge is 2.12. The van der Waals surface area contributed by atoms with Crippen LogP contribution in [0.4, 0.5) is 0 Å². The number of rotatable bonds is 3. The highest BCUT2D eigenvalue weighted by molar-refractivity contribution is 5.53. The lowest BCUT2D eigenvalue weighted by molar-refractivity contribution is 0.766. The minimum atomic E-state index is -0.145. The van der Waals surface area contributed by atoms with Crippen LogP contribution in [0.3, 0.4) is 0 Å². The number of hydrogen-bond acceptors (Lipinski definition) is 2. The zero-order chi connectivity index (χ0) is 10.7. The molecule has 0 aliphatic carbocycles. The molecule has 0 radical (unpaired) electrons. The third-order valence-corrected chi connectivity index (χ3v) is 2.38. The van der Waals surface area contributed by atoms with Crippen molar-refractivity contribution in [2.24, 2.45) is 0 Å². The van der Waals surface area contributed by atoms with Crippen molar-refractivity contribution in [2.75, 3.05) is 0 Å². The molecule has 0 aromatic carbocycles. The molecule has 1 unspecified atom stereocenters. The van der Waals surface area contributed by atoms with Gasteiger partial charge < -0.3 is 9.97 Å². The molecule has 0 amide bonds. The summed E-state index contributed by atoms with van der Waals surface area (Å²) in [5, 5.41) is 8.90. The maximum Gasteiger partial charge on any atom is 0.123 e. The zero-order valence-electron chi connectivity index (χ0n) is 8.49. The Morgan fingerprint density at radius 2 is 2.40 bits per heavy atom. The number of aromatic amines is 2. The van der Waals surface area contributed by atoms with Gasteiger partial charge in [-0.25, -0.2) is 4.98 Å². The van der Waals surface area contributed by atoms with Crippen LogP contribution in [-0.2, 0) is 0 Å². The summed E-state index contributed by atoms with van der Waals surface area (Å²) in [5.41, 5.74) is 1.91. The van der Waals surface area contributed by atoms with E-state index in [1.165, 1.54) is 0 Å². The Kier molecular flexibility index (Phi) is 2.55. The second-order valence-corrected chi connectivity index (χ2v) is 3.36. The van der Waals surface area contributed by atoms with E-state index in [1.807, 2.05) is 25.3 Å². The van der Waals surface area contributed by atoms with Gasteiger partial charge in [0.2, 0.25) is 0 Å². The normalized spacial score (nSPS) is 12.3. The minimum Gasteiger partial charge on any atom is -0.360 e. The van der Waals surface area contributed by atoms with Gasteiger partial charge in [0.1, 0.15) is 11.7 Å². The summed E-state index contributed by atoms with van der Waals surface area (Å²) < 4.78 is 0. The molecule has 2 aromatic rings. The van der Waals surface area contributed by atoms with Gasteiger partial charge in [0.15, 0.2) is 0 Å². The van der Waals surface area contributed by atoms with Gasteiger partial charge in [-0.15, -0.1) is 0 Å². The summed E-state index contributed by atoms with van der Waals surface area (Å²) in [4.78, 5) is 10.5. The molecule has 2 aromatic heterocycles. The predicted molar refractivity (Wildman–Crippen MR) is 57.0 cm³/mol. The van der Waals surface area contributed by atoms with E-state index in [0.29, 0.717) is 0 Å². The van der Waals surface area contributed by atoms with Crippen LogP contribution in [-0.4, -0.2) is 15.0 Å². The Hall–Kier alpha value is -2.02. The molecule has 0 bridgehead atoms. The molecule has 4 nitrogen and oxygen atoms in total. The van der Waals surface area contributed by atoms with E-state index in [2.05, 4.69) is 21.0 Å². The van der Waals surface area contributed by atoms with Gasteiger partial charge in [-0.2, -0.15) is 5.26 Å². The fourth-order valence-electron chi connectivity index (χ4n) is 1.49. The van der Waals surface area contributed by atoms with Crippen LogP contribution in [0.1, 0.15) is 25.1 Å². The van der Waals surface area contributed by atoms with Gasteiger partial charge in [0, 0.05) is 6.20 Å². The monoisotopic (exact) mass is 200 g/mol. The Bertz CT molecular complexity index is 461. The first kappa shape index (κ1) is 9.53. The minimum absolute atomic E-state index is 0.145. The molecule has 0 fully saturated rings. The third-order valence-electron chi connectivity index (χ3n) is 2.38. The van der Waals surface area contributed by atoms with Crippen LogP contribution < -0.4 is 0 Å². The average molecular weight is 200 g/mol. The molecule has 2 N–H and O–H groups in total. The first-order valence-corrected chi connectivity index (χ1v) is 4.93. The summed E-state index contributed by atoms with van der Waals surface area (Å²) in [7, 11) is 0. The molecule has 1 atom stereocenters. The highest BCUT2D eigenvalue weighted by atomic mass is 14.9. The van der Waals surface area contributed by atoms with E-state index in [0.717, 1.165) is 23.6 Å². The molecule has 0 saturated carbocycles. The Morgan fingerprint density at radius 1 is 1.53 bits per heavy atom. The third kappa shape index (κ3) is 1.77. The van der Waals surface area contributed by atoms with Crippen molar-refractivity contribution in [2.45, 2.75) is 19.3 Å². The quantitative estimate of drug-likeness (QED) is 0.798. The molecule has 0 aliphatic rings. The summed E-state index contributed by atoms with van der Waals surface area (Å²) >= 11 is 0. The Labute approximate surface area is 88.0 Å². The van der Waals surface area contributed by atoms with E-state index < -0.39 is 0 Å². The average Bonchev–Trinajstić information content (AvgIpc) is 2.89. The molecule has 76 valence electrons. The van der Waals surface area contributed by atoms with E-state index in [-0.39, 0.29) is 5.92 Å². The Balaban J connectivity index is 2.29. The van der Waals surface area contributed by atoms with E-state index >= 15 is 0 Å². The number of hydrogen-bond donors (Lipinski definition) is 2. The lowest BCUT2D eigenvalue weighted by Crippen LogP contribution is -1.95. The number of imidazole rings is 1. The van der Waals surface area contributed by atoms with Gasteiger partial charge in [-0.3, -0.25) is 0 Å². The lowest BCUT2D eigenvalue weighted by Gasteiger charge is -1.99. The largest absolute Gasteiger partial charge is 0.360 e. The van der Waals surface area contributed by atoms with Crippen molar-refractivity contribution in [3.63, 3.8) is 0 Å². The van der Waals surface area contributed by atoms with Crippen molar-refractivity contribution < 1.29 is 0 Å². The second kappa shape index (κ2) is 4.01. The molecular formula is C11H12N4. The molecule has 15 heavy (non-hydrogen) atoms. The fourth-order valence-corrected chi connectivity index (χ4v) is 1.49. The van der Waals surface area contributed by atoms with Crippen molar-refractivity contribution >= 4 is 0 Å². The van der Waals surface area contributed by atoms with Crippen LogP contribution in [0.2, 0.25) is 0 Å². The molecule has 2 rings (SSSR count). The van der Waals surface area contributed by atoms with Crippen LogP contribution >= 0.6 is 0 Å². The van der Waals surface area contributed by atoms with Crippen molar-refractivity contribution in [1.29, 1.82) is 5.26 Å². The topological polar surface area (TPSA) is 68.3 Å². The van der Waals surface area contributed by atoms with Crippen molar-refractivity contribution in [3.05, 3.63) is 30.4 Å². The standard InChI is InChI=1S/C11H12N4/c1-2-8(6-12)11-14-7-10(15-11)9-4-3-5-13-9/h3-5,7-8,13H,2H2,1H3,(H,14,15). The summed E-state index contributed by atoms with van der Waals surface area (Å²) in [6.07, 6.45) is 4.38. The predicted octanol–water partition coefficient (Wildman–Crippen LogP) is 2.42. The number of nitrogens with one attached hydrogen (secondary N) is 2. The molecule has 0 saturated heterocycles. The SMILES string of the molecule is CCC(C#N)c1ncc(-c2ccc[nH]2)[nH]1. The molecule has 2 heterocycles. The van der Waals surface area contributed by atoms with Crippen molar-refractivity contribution in [3.8, 4) is 17.5 Å². The summed E-state index contributed by atoms with van der Waals surface area (Å²) in [6, 6.07) is 6.11. The lowest BCUT2D eigenvalue weighted by atomic mass is 10.1. The van der Waals surface area contributed by atoms with Crippen molar-refractivity contribution in [1.82, 2.24) is 15.0 Å². The molecule has 4 heteroatoms. The smallest absolute Gasteiger partial charge is 0.123 e. The van der Waals surface area contributed by atoms with E-state index in [9.17, 15) is 0 Å². The first-order chi connectivity index (χ1) is 7.35. The van der Waals surface area contributed by atoms with E-state index in [4.69, 9.17) is 5.26 Å². The van der Waals surface area contributed by atoms with Gasteiger partial charge in [-0.05, 0) is 18.6 Å². The second-order valence-electron chi connectivity index (χ2n) is 3.36. The van der Waals surface area contributed by atoms with Crippen LogP contribution in [0, 0.1) is 11.3 Å². The maximum absolute atomic E-state index is 8.90. The van der Waals surface area contributed by atoms with Gasteiger partial charge in [0.25, 0.3) is 0 Å². The first-order valence-electron chi connectivity index (χ1n) is 4.93. The van der Waals surface area contributed by atoms with E-state index in [1.54, 1.807) is 6.20 Å².